The maximum absolute atomic E-state index is 12.8. The first-order chi connectivity index (χ1) is 13.9. The normalized spacial score (nSPS) is 19.3. The summed E-state index contributed by atoms with van der Waals surface area (Å²) in [7, 11) is -3.60. The summed E-state index contributed by atoms with van der Waals surface area (Å²) in [5.41, 5.74) is 0.493. The fraction of sp³-hybridized carbons (Fsp3) is 0.636. The number of hydrogen-bond acceptors (Lipinski definition) is 4. The predicted molar refractivity (Wildman–Crippen MR) is 112 cm³/mol. The molecule has 1 heterocycles. The van der Waals surface area contributed by atoms with E-state index < -0.39 is 10.0 Å². The molecule has 1 saturated heterocycles. The van der Waals surface area contributed by atoms with Gasteiger partial charge < -0.3 is 4.90 Å². The third kappa shape index (κ3) is 5.66. The van der Waals surface area contributed by atoms with Crippen LogP contribution in [0.1, 0.15) is 68.6 Å². The number of ketones is 1. The number of carbonyl (C=O) groups excluding carboxylic acids is 2. The number of nitrogens with zero attached hydrogens (tertiary/aromatic N) is 2. The van der Waals surface area contributed by atoms with Crippen molar-refractivity contribution in [1.29, 1.82) is 0 Å². The fourth-order valence-corrected chi connectivity index (χ4v) is 5.79. The van der Waals surface area contributed by atoms with E-state index in [0.29, 0.717) is 38.2 Å². The minimum Gasteiger partial charge on any atom is -0.340 e. The van der Waals surface area contributed by atoms with Crippen LogP contribution >= 0.6 is 0 Å². The highest BCUT2D eigenvalue weighted by Crippen LogP contribution is 2.28. The number of carbonyl (C=O) groups is 2. The molecule has 0 N–H and O–H groups in total. The number of benzene rings is 1. The molecule has 1 aromatic carbocycles. The van der Waals surface area contributed by atoms with Crippen LogP contribution in [0, 0.1) is 5.92 Å². The average Bonchev–Trinajstić information content (AvgIpc) is 2.74. The third-order valence-electron chi connectivity index (χ3n) is 6.22. The summed E-state index contributed by atoms with van der Waals surface area (Å²) in [6, 6.07) is 6.05. The lowest BCUT2D eigenvalue weighted by Gasteiger charge is -2.34. The highest BCUT2D eigenvalue weighted by atomic mass is 32.2. The topological polar surface area (TPSA) is 74.8 Å². The summed E-state index contributed by atoms with van der Waals surface area (Å²) in [5, 5.41) is 0. The van der Waals surface area contributed by atoms with Gasteiger partial charge >= 0.3 is 0 Å². The van der Waals surface area contributed by atoms with E-state index in [9.17, 15) is 18.0 Å². The van der Waals surface area contributed by atoms with E-state index in [1.807, 2.05) is 0 Å². The van der Waals surface area contributed by atoms with Gasteiger partial charge in [0, 0.05) is 38.2 Å². The smallest absolute Gasteiger partial charge is 0.243 e. The van der Waals surface area contributed by atoms with Crippen LogP contribution in [0.5, 0.6) is 0 Å². The van der Waals surface area contributed by atoms with Crippen molar-refractivity contribution in [2.45, 2.75) is 63.2 Å². The molecule has 1 amide bonds. The van der Waals surface area contributed by atoms with Gasteiger partial charge in [-0.15, -0.1) is 0 Å². The molecule has 7 heteroatoms. The zero-order valence-electron chi connectivity index (χ0n) is 17.3. The summed E-state index contributed by atoms with van der Waals surface area (Å²) in [6.07, 6.45) is 9.25. The van der Waals surface area contributed by atoms with E-state index in [4.69, 9.17) is 0 Å². The molecule has 0 unspecified atom stereocenters. The quantitative estimate of drug-likeness (QED) is 0.633. The first-order valence-corrected chi connectivity index (χ1v) is 12.2. The van der Waals surface area contributed by atoms with Crippen molar-refractivity contribution >= 4 is 21.7 Å². The SMILES string of the molecule is CC(=O)c1ccc(S(=O)(=O)N2CCN(C(=O)CCCC3CCCCC3)CC2)cc1. The highest BCUT2D eigenvalue weighted by Gasteiger charge is 2.30. The van der Waals surface area contributed by atoms with Crippen molar-refractivity contribution in [3.8, 4) is 0 Å². The van der Waals surface area contributed by atoms with Gasteiger partial charge in [-0.3, -0.25) is 9.59 Å². The maximum Gasteiger partial charge on any atom is 0.243 e. The Morgan fingerprint density at radius 3 is 2.17 bits per heavy atom. The van der Waals surface area contributed by atoms with Crippen LogP contribution in [-0.2, 0) is 14.8 Å². The standard InChI is InChI=1S/C22H32N2O4S/c1-18(25)20-10-12-21(13-11-20)29(27,28)24-16-14-23(15-17-24)22(26)9-5-8-19-6-3-2-4-7-19/h10-13,19H,2-9,14-17H2,1H3. The molecule has 3 rings (SSSR count). The molecular formula is C22H32N2O4S. The van der Waals surface area contributed by atoms with Gasteiger partial charge in [-0.05, 0) is 37.8 Å². The van der Waals surface area contributed by atoms with Crippen LogP contribution in [0.4, 0.5) is 0 Å². The Balaban J connectivity index is 1.47. The molecular weight excluding hydrogens is 388 g/mol. The third-order valence-corrected chi connectivity index (χ3v) is 8.13. The first-order valence-electron chi connectivity index (χ1n) is 10.8. The predicted octanol–water partition coefficient (Wildman–Crippen LogP) is 3.47. The van der Waals surface area contributed by atoms with Gasteiger partial charge in [0.15, 0.2) is 5.78 Å². The Morgan fingerprint density at radius 1 is 0.966 bits per heavy atom. The molecule has 0 bridgehead atoms. The number of rotatable bonds is 7. The van der Waals surface area contributed by atoms with Gasteiger partial charge in [0.05, 0.1) is 4.90 Å². The van der Waals surface area contributed by atoms with Crippen molar-refractivity contribution < 1.29 is 18.0 Å². The largest absolute Gasteiger partial charge is 0.340 e. The zero-order valence-corrected chi connectivity index (χ0v) is 18.1. The number of Topliss-reactive ketones (excluding diaryl/α,β-unsaturated/α-hetero) is 1. The summed E-state index contributed by atoms with van der Waals surface area (Å²) in [6.45, 7) is 2.95. The van der Waals surface area contributed by atoms with Gasteiger partial charge in [-0.2, -0.15) is 4.31 Å². The molecule has 1 aromatic rings. The molecule has 0 radical (unpaired) electrons. The number of sulfonamides is 1. The van der Waals surface area contributed by atoms with Gasteiger partial charge in [-0.25, -0.2) is 8.42 Å². The van der Waals surface area contributed by atoms with Crippen LogP contribution in [0.15, 0.2) is 29.2 Å². The van der Waals surface area contributed by atoms with Crippen LogP contribution in [0.2, 0.25) is 0 Å². The molecule has 0 atom stereocenters. The van der Waals surface area contributed by atoms with E-state index in [2.05, 4.69) is 0 Å². The van der Waals surface area contributed by atoms with Gasteiger partial charge in [0.1, 0.15) is 0 Å². The lowest BCUT2D eigenvalue weighted by molar-refractivity contribution is -0.132. The van der Waals surface area contributed by atoms with E-state index >= 15 is 0 Å². The van der Waals surface area contributed by atoms with Crippen LogP contribution in [-0.4, -0.2) is 55.5 Å². The zero-order chi connectivity index (χ0) is 20.9. The number of piperazine rings is 1. The van der Waals surface area contributed by atoms with Gasteiger partial charge in [0.2, 0.25) is 15.9 Å². The average molecular weight is 421 g/mol. The van der Waals surface area contributed by atoms with Crippen LogP contribution in [0.3, 0.4) is 0 Å². The summed E-state index contributed by atoms with van der Waals surface area (Å²) in [5.74, 6) is 0.834. The molecule has 0 aromatic heterocycles. The Hall–Kier alpha value is -1.73. The molecule has 0 spiro atoms. The second-order valence-corrected chi connectivity index (χ2v) is 10.2. The molecule has 1 saturated carbocycles. The molecule has 1 aliphatic carbocycles. The second-order valence-electron chi connectivity index (χ2n) is 8.26. The number of amides is 1. The summed E-state index contributed by atoms with van der Waals surface area (Å²) >= 11 is 0. The van der Waals surface area contributed by atoms with E-state index in [1.165, 1.54) is 55.5 Å². The van der Waals surface area contributed by atoms with Gasteiger partial charge in [-0.1, -0.05) is 44.2 Å². The number of hydrogen-bond donors (Lipinski definition) is 0. The molecule has 6 nitrogen and oxygen atoms in total. The first kappa shape index (κ1) is 22.0. The Morgan fingerprint density at radius 2 is 1.59 bits per heavy atom. The molecule has 160 valence electrons. The Bertz CT molecular complexity index is 806. The van der Waals surface area contributed by atoms with E-state index in [-0.39, 0.29) is 16.6 Å². The lowest BCUT2D eigenvalue weighted by atomic mass is 9.86. The lowest BCUT2D eigenvalue weighted by Crippen LogP contribution is -2.50. The summed E-state index contributed by atoms with van der Waals surface area (Å²) in [4.78, 5) is 25.9. The van der Waals surface area contributed by atoms with Crippen molar-refractivity contribution in [3.05, 3.63) is 29.8 Å². The van der Waals surface area contributed by atoms with Crippen molar-refractivity contribution in [2.75, 3.05) is 26.2 Å². The minimum absolute atomic E-state index is 0.0930. The Labute approximate surface area is 174 Å². The summed E-state index contributed by atoms with van der Waals surface area (Å²) < 4.78 is 27.1. The highest BCUT2D eigenvalue weighted by molar-refractivity contribution is 7.89. The van der Waals surface area contributed by atoms with E-state index in [1.54, 1.807) is 17.0 Å². The molecule has 1 aliphatic heterocycles. The van der Waals surface area contributed by atoms with E-state index in [0.717, 1.165) is 18.8 Å². The van der Waals surface area contributed by atoms with Crippen molar-refractivity contribution in [1.82, 2.24) is 9.21 Å². The molecule has 2 fully saturated rings. The Kier molecular flexibility index (Phi) is 7.46. The fourth-order valence-electron chi connectivity index (χ4n) is 4.36. The van der Waals surface area contributed by atoms with Crippen LogP contribution < -0.4 is 0 Å². The van der Waals surface area contributed by atoms with Crippen molar-refractivity contribution in [2.24, 2.45) is 5.92 Å². The monoisotopic (exact) mass is 420 g/mol. The molecule has 2 aliphatic rings. The molecule has 29 heavy (non-hydrogen) atoms. The maximum atomic E-state index is 12.8. The minimum atomic E-state index is -3.60. The second kappa shape index (κ2) is 9.85. The van der Waals surface area contributed by atoms with Gasteiger partial charge in [0.25, 0.3) is 0 Å². The van der Waals surface area contributed by atoms with Crippen molar-refractivity contribution in [3.63, 3.8) is 0 Å². The van der Waals surface area contributed by atoms with Crippen LogP contribution in [0.25, 0.3) is 0 Å².